The number of amides is 2. The van der Waals surface area contributed by atoms with Crippen molar-refractivity contribution in [3.05, 3.63) is 208 Å². The SMILES string of the molecule is CCn1c(=O)n(-c2ccc(OCc3ccccc3)nc2OCc2ccccc2)c2ccc(-c3ccc(CC(=O)Nc4ccc5c(F)c(N6CC(=O)NS6(=O)=O)c(OCc6ccccc6)cc5c4)cc3)cc21. The Labute approximate surface area is 407 Å². The summed E-state index contributed by atoms with van der Waals surface area (Å²) in [4.78, 5) is 44.6. The minimum atomic E-state index is -4.36. The molecule has 10 rings (SSSR count). The lowest BCUT2D eigenvalue weighted by atomic mass is 10.0. The van der Waals surface area contributed by atoms with E-state index in [0.29, 0.717) is 51.1 Å². The Bertz CT molecular complexity index is 3630. The molecule has 1 aliphatic rings. The van der Waals surface area contributed by atoms with E-state index in [9.17, 15) is 22.8 Å². The first-order valence-corrected chi connectivity index (χ1v) is 24.2. The third-order valence-electron chi connectivity index (χ3n) is 12.0. The highest BCUT2D eigenvalue weighted by Gasteiger charge is 2.38. The molecule has 0 atom stereocenters. The van der Waals surface area contributed by atoms with Crippen molar-refractivity contribution >= 4 is 55.2 Å². The van der Waals surface area contributed by atoms with E-state index in [1.165, 1.54) is 18.2 Å². The summed E-state index contributed by atoms with van der Waals surface area (Å²) in [7, 11) is -4.36. The number of ether oxygens (including phenoxy) is 3. The molecule has 1 saturated heterocycles. The zero-order chi connectivity index (χ0) is 49.1. The predicted octanol–water partition coefficient (Wildman–Crippen LogP) is 9.27. The number of nitrogens with one attached hydrogen (secondary N) is 2. The minimum Gasteiger partial charge on any atom is -0.487 e. The third-order valence-corrected chi connectivity index (χ3v) is 13.4. The lowest BCUT2D eigenvalue weighted by Gasteiger charge is -2.21. The molecule has 0 radical (unpaired) electrons. The number of benzene rings is 7. The molecule has 7 aromatic carbocycles. The van der Waals surface area contributed by atoms with Crippen LogP contribution in [0.3, 0.4) is 0 Å². The molecule has 1 fully saturated rings. The summed E-state index contributed by atoms with van der Waals surface area (Å²) in [6.45, 7) is 2.25. The van der Waals surface area contributed by atoms with Gasteiger partial charge in [0.05, 0.1) is 17.5 Å². The average Bonchev–Trinajstić information content (AvgIpc) is 3.83. The molecular weight excluding hydrogens is 924 g/mol. The normalized spacial score (nSPS) is 13.0. The highest BCUT2D eigenvalue weighted by Crippen LogP contribution is 2.40. The maximum atomic E-state index is 16.3. The highest BCUT2D eigenvalue weighted by molar-refractivity contribution is 7.92. The third kappa shape index (κ3) is 9.78. The van der Waals surface area contributed by atoms with Crippen molar-refractivity contribution in [1.29, 1.82) is 0 Å². The van der Waals surface area contributed by atoms with Gasteiger partial charge in [0.25, 0.3) is 5.91 Å². The first-order chi connectivity index (χ1) is 34.5. The fourth-order valence-corrected chi connectivity index (χ4v) is 9.70. The summed E-state index contributed by atoms with van der Waals surface area (Å²) in [5.74, 6) is -1.52. The van der Waals surface area contributed by atoms with E-state index in [2.05, 4.69) is 5.32 Å². The highest BCUT2D eigenvalue weighted by atomic mass is 32.2. The van der Waals surface area contributed by atoms with Crippen molar-refractivity contribution in [3.8, 4) is 34.3 Å². The first-order valence-electron chi connectivity index (χ1n) is 22.8. The molecule has 0 saturated carbocycles. The Morgan fingerprint density at radius 2 is 1.32 bits per heavy atom. The standard InChI is InChI=1S/C55H45FN6O8S/c1-2-60-47-30-41(22-25-45(47)62(55(60)65)46-26-27-51(69-34-38-14-8-4-9-15-38)58-54(46)70-35-39-16-10-5-11-17-39)40-20-18-36(19-21-40)28-49(63)57-43-23-24-44-42(29-43)31-48(68-33-37-12-6-3-7-13-37)53(52(44)56)61-32-50(64)59-71(61,66)67/h3-27,29-31H,2,28,32-35H2,1H3,(H,57,63)(H,59,64). The van der Waals surface area contributed by atoms with Gasteiger partial charge in [-0.2, -0.15) is 13.4 Å². The van der Waals surface area contributed by atoms with Gasteiger partial charge in [0.1, 0.15) is 43.5 Å². The molecule has 9 aromatic rings. The zero-order valence-electron chi connectivity index (χ0n) is 38.2. The molecule has 0 unspecified atom stereocenters. The van der Waals surface area contributed by atoms with Crippen LogP contribution in [-0.2, 0) is 52.6 Å². The topological polar surface area (TPSA) is 163 Å². The molecule has 1 aliphatic heterocycles. The van der Waals surface area contributed by atoms with E-state index in [1.54, 1.807) is 27.3 Å². The number of carbonyl (C=O) groups excluding carboxylic acids is 2. The molecule has 0 aliphatic carbocycles. The number of carbonyl (C=O) groups is 2. The van der Waals surface area contributed by atoms with Crippen LogP contribution < -0.4 is 34.2 Å². The van der Waals surface area contributed by atoms with Gasteiger partial charge < -0.3 is 19.5 Å². The van der Waals surface area contributed by atoms with Crippen molar-refractivity contribution in [3.63, 3.8) is 0 Å². The number of pyridine rings is 1. The summed E-state index contributed by atoms with van der Waals surface area (Å²) in [5.41, 5.74) is 6.73. The van der Waals surface area contributed by atoms with Crippen LogP contribution in [0, 0.1) is 5.82 Å². The van der Waals surface area contributed by atoms with Crippen molar-refractivity contribution in [2.75, 3.05) is 16.2 Å². The van der Waals surface area contributed by atoms with Gasteiger partial charge >= 0.3 is 15.9 Å². The number of anilines is 2. The average molecular weight is 969 g/mol. The molecular formula is C55H45FN6O8S. The van der Waals surface area contributed by atoms with E-state index in [0.717, 1.165) is 33.4 Å². The van der Waals surface area contributed by atoms with Crippen LogP contribution in [0.1, 0.15) is 29.2 Å². The van der Waals surface area contributed by atoms with Gasteiger partial charge in [0.2, 0.25) is 17.7 Å². The molecule has 2 N–H and O–H groups in total. The number of nitrogens with zero attached hydrogens (tertiary/aromatic N) is 4. The van der Waals surface area contributed by atoms with E-state index in [4.69, 9.17) is 19.2 Å². The fourth-order valence-electron chi connectivity index (χ4n) is 8.54. The van der Waals surface area contributed by atoms with Crippen molar-refractivity contribution < 1.29 is 36.6 Å². The van der Waals surface area contributed by atoms with Gasteiger partial charge in [-0.25, -0.2) is 18.2 Å². The van der Waals surface area contributed by atoms with Gasteiger partial charge in [0.15, 0.2) is 5.82 Å². The number of fused-ring (bicyclic) bond motifs is 2. The zero-order valence-corrected chi connectivity index (χ0v) is 39.1. The second-order valence-electron chi connectivity index (χ2n) is 16.8. The second kappa shape index (κ2) is 19.7. The molecule has 71 heavy (non-hydrogen) atoms. The largest absolute Gasteiger partial charge is 0.487 e. The number of aromatic nitrogens is 3. The van der Waals surface area contributed by atoms with E-state index >= 15 is 4.39 Å². The quantitative estimate of drug-likeness (QED) is 0.0961. The van der Waals surface area contributed by atoms with Crippen molar-refractivity contribution in [2.45, 2.75) is 39.7 Å². The van der Waals surface area contributed by atoms with Crippen LogP contribution in [0.4, 0.5) is 15.8 Å². The number of hydrogen-bond donors (Lipinski definition) is 2. The summed E-state index contributed by atoms with van der Waals surface area (Å²) in [5, 5.41) is 3.29. The number of aryl methyl sites for hydroxylation is 1. The number of hydrogen-bond acceptors (Lipinski definition) is 9. The maximum absolute atomic E-state index is 16.3. The fraction of sp³-hybridized carbons (Fsp3) is 0.127. The molecule has 0 bridgehead atoms. The number of halogens is 1. The number of imidazole rings is 1. The lowest BCUT2D eigenvalue weighted by Crippen LogP contribution is -2.30. The van der Waals surface area contributed by atoms with Gasteiger partial charge in [-0.15, -0.1) is 0 Å². The molecule has 3 heterocycles. The van der Waals surface area contributed by atoms with Crippen molar-refractivity contribution in [1.82, 2.24) is 18.8 Å². The van der Waals surface area contributed by atoms with E-state index in [-0.39, 0.29) is 48.2 Å². The summed E-state index contributed by atoms with van der Waals surface area (Å²) < 4.78 is 66.3. The van der Waals surface area contributed by atoms with Crippen LogP contribution in [0.25, 0.3) is 38.6 Å². The Hall–Kier alpha value is -8.76. The minimum absolute atomic E-state index is 0.00247. The molecule has 356 valence electrons. The smallest absolute Gasteiger partial charge is 0.333 e. The van der Waals surface area contributed by atoms with Gasteiger partial charge in [-0.1, -0.05) is 121 Å². The monoisotopic (exact) mass is 968 g/mol. The van der Waals surface area contributed by atoms with E-state index in [1.807, 2.05) is 145 Å². The van der Waals surface area contributed by atoms with Crippen molar-refractivity contribution in [2.24, 2.45) is 0 Å². The predicted molar refractivity (Wildman–Crippen MR) is 269 cm³/mol. The summed E-state index contributed by atoms with van der Waals surface area (Å²) >= 11 is 0. The second-order valence-corrected chi connectivity index (χ2v) is 18.4. The Kier molecular flexibility index (Phi) is 12.8. The molecule has 14 nitrogen and oxygen atoms in total. The maximum Gasteiger partial charge on any atom is 0.333 e. The number of rotatable bonds is 16. The summed E-state index contributed by atoms with van der Waals surface area (Å²) in [6.07, 6.45) is 0.0287. The van der Waals surface area contributed by atoms with Crippen LogP contribution >= 0.6 is 0 Å². The van der Waals surface area contributed by atoms with Crippen LogP contribution in [-0.4, -0.2) is 40.9 Å². The first kappa shape index (κ1) is 46.0. The molecule has 0 spiro atoms. The Morgan fingerprint density at radius 1 is 0.690 bits per heavy atom. The summed E-state index contributed by atoms with van der Waals surface area (Å²) in [6, 6.07) is 51.5. The van der Waals surface area contributed by atoms with Gasteiger partial charge in [-0.3, -0.25) is 18.7 Å². The van der Waals surface area contributed by atoms with Crippen LogP contribution in [0.5, 0.6) is 17.5 Å². The molecule has 2 aromatic heterocycles. The lowest BCUT2D eigenvalue weighted by molar-refractivity contribution is -0.117. The Balaban J connectivity index is 0.876. The van der Waals surface area contributed by atoms with Crippen LogP contribution in [0.2, 0.25) is 0 Å². The van der Waals surface area contributed by atoms with Gasteiger partial charge in [0, 0.05) is 23.7 Å². The molecule has 2 amide bonds. The Morgan fingerprint density at radius 3 is 1.96 bits per heavy atom. The molecule has 16 heteroatoms. The van der Waals surface area contributed by atoms with E-state index < -0.39 is 34.2 Å². The van der Waals surface area contributed by atoms with Gasteiger partial charge in [-0.05, 0) is 88.2 Å². The van der Waals surface area contributed by atoms with Crippen LogP contribution in [0.15, 0.2) is 175 Å².